The molecule has 0 saturated carbocycles. The molecule has 6 nitrogen and oxygen atoms in total. The summed E-state index contributed by atoms with van der Waals surface area (Å²) in [5.41, 5.74) is 0.847. The first-order valence-corrected chi connectivity index (χ1v) is 6.92. The molecule has 1 saturated heterocycles. The van der Waals surface area contributed by atoms with Crippen molar-refractivity contribution in [2.75, 3.05) is 30.8 Å². The van der Waals surface area contributed by atoms with Crippen LogP contribution in [0.3, 0.4) is 0 Å². The SMILES string of the molecule is COc1cc(NC(=O)C2(C)CCNC2)ccc1NC(C)=O. The first-order chi connectivity index (χ1) is 9.94. The predicted molar refractivity (Wildman–Crippen MR) is 81.5 cm³/mol. The lowest BCUT2D eigenvalue weighted by atomic mass is 9.89. The molecule has 3 N–H and O–H groups in total. The molecule has 1 atom stereocenters. The first kappa shape index (κ1) is 15.3. The molecule has 0 radical (unpaired) electrons. The van der Waals surface area contributed by atoms with E-state index >= 15 is 0 Å². The van der Waals surface area contributed by atoms with Gasteiger partial charge in [0.15, 0.2) is 0 Å². The lowest BCUT2D eigenvalue weighted by Crippen LogP contribution is -2.35. The summed E-state index contributed by atoms with van der Waals surface area (Å²) in [5, 5.41) is 8.79. The fourth-order valence-electron chi connectivity index (χ4n) is 2.35. The summed E-state index contributed by atoms with van der Waals surface area (Å²) in [6.07, 6.45) is 0.819. The van der Waals surface area contributed by atoms with Gasteiger partial charge in [-0.15, -0.1) is 0 Å². The van der Waals surface area contributed by atoms with Gasteiger partial charge in [-0.25, -0.2) is 0 Å². The minimum Gasteiger partial charge on any atom is -0.494 e. The maximum Gasteiger partial charge on any atom is 0.231 e. The molecule has 0 aliphatic carbocycles. The van der Waals surface area contributed by atoms with E-state index in [-0.39, 0.29) is 17.2 Å². The van der Waals surface area contributed by atoms with Crippen LogP contribution in [0.2, 0.25) is 0 Å². The van der Waals surface area contributed by atoms with Crippen LogP contribution < -0.4 is 20.7 Å². The topological polar surface area (TPSA) is 79.5 Å². The van der Waals surface area contributed by atoms with E-state index in [9.17, 15) is 9.59 Å². The highest BCUT2D eigenvalue weighted by molar-refractivity contribution is 5.96. The van der Waals surface area contributed by atoms with Gasteiger partial charge in [-0.1, -0.05) is 0 Å². The Bertz CT molecular complexity index is 551. The molecule has 1 aliphatic heterocycles. The fraction of sp³-hybridized carbons (Fsp3) is 0.467. The van der Waals surface area contributed by atoms with Gasteiger partial charge in [0.05, 0.1) is 18.2 Å². The third kappa shape index (κ3) is 3.52. The summed E-state index contributed by atoms with van der Waals surface area (Å²) < 4.78 is 5.24. The summed E-state index contributed by atoms with van der Waals surface area (Å²) in [5.74, 6) is 0.328. The molecule has 1 heterocycles. The maximum atomic E-state index is 12.3. The van der Waals surface area contributed by atoms with Crippen LogP contribution in [-0.4, -0.2) is 32.0 Å². The molecule has 6 heteroatoms. The van der Waals surface area contributed by atoms with E-state index in [4.69, 9.17) is 4.74 Å². The lowest BCUT2D eigenvalue weighted by molar-refractivity contribution is -0.123. The van der Waals surface area contributed by atoms with Crippen molar-refractivity contribution >= 4 is 23.2 Å². The number of carbonyl (C=O) groups excluding carboxylic acids is 2. The minimum absolute atomic E-state index is 0.0122. The van der Waals surface area contributed by atoms with Crippen molar-refractivity contribution in [1.29, 1.82) is 0 Å². The van der Waals surface area contributed by atoms with Crippen LogP contribution in [0.1, 0.15) is 20.3 Å². The van der Waals surface area contributed by atoms with E-state index in [1.807, 2.05) is 6.92 Å². The number of methoxy groups -OCH3 is 1. The molecule has 0 aromatic heterocycles. The van der Waals surface area contributed by atoms with E-state index in [2.05, 4.69) is 16.0 Å². The molecule has 114 valence electrons. The molecule has 1 aliphatic rings. The number of hydrogen-bond donors (Lipinski definition) is 3. The number of carbonyl (C=O) groups is 2. The molecular weight excluding hydrogens is 270 g/mol. The van der Waals surface area contributed by atoms with Crippen LogP contribution >= 0.6 is 0 Å². The molecule has 1 fully saturated rings. The Kier molecular flexibility index (Phi) is 4.47. The van der Waals surface area contributed by atoms with Crippen molar-refractivity contribution in [3.63, 3.8) is 0 Å². The highest BCUT2D eigenvalue weighted by atomic mass is 16.5. The zero-order chi connectivity index (χ0) is 15.5. The second-order valence-corrected chi connectivity index (χ2v) is 5.54. The maximum absolute atomic E-state index is 12.3. The molecule has 1 aromatic rings. The normalized spacial score (nSPS) is 20.9. The lowest BCUT2D eigenvalue weighted by Gasteiger charge is -2.22. The van der Waals surface area contributed by atoms with Gasteiger partial charge in [-0.3, -0.25) is 9.59 Å². The zero-order valence-corrected chi connectivity index (χ0v) is 12.6. The number of amides is 2. The van der Waals surface area contributed by atoms with Gasteiger partial charge in [0.1, 0.15) is 5.75 Å². The smallest absolute Gasteiger partial charge is 0.231 e. The quantitative estimate of drug-likeness (QED) is 0.787. The molecule has 2 amide bonds. The van der Waals surface area contributed by atoms with Crippen LogP contribution in [-0.2, 0) is 9.59 Å². The number of hydrogen-bond acceptors (Lipinski definition) is 4. The molecule has 0 bridgehead atoms. The number of anilines is 2. The summed E-state index contributed by atoms with van der Waals surface area (Å²) in [6, 6.07) is 5.16. The van der Waals surface area contributed by atoms with E-state index in [1.165, 1.54) is 14.0 Å². The highest BCUT2D eigenvalue weighted by Crippen LogP contribution is 2.30. The van der Waals surface area contributed by atoms with Crippen molar-refractivity contribution in [3.8, 4) is 5.75 Å². The zero-order valence-electron chi connectivity index (χ0n) is 12.6. The average Bonchev–Trinajstić information content (AvgIpc) is 2.88. The molecule has 1 unspecified atom stereocenters. The van der Waals surface area contributed by atoms with Gasteiger partial charge in [0.25, 0.3) is 0 Å². The van der Waals surface area contributed by atoms with Crippen LogP contribution in [0.4, 0.5) is 11.4 Å². The van der Waals surface area contributed by atoms with E-state index in [1.54, 1.807) is 18.2 Å². The molecule has 21 heavy (non-hydrogen) atoms. The fourth-order valence-corrected chi connectivity index (χ4v) is 2.35. The van der Waals surface area contributed by atoms with Crippen LogP contribution in [0, 0.1) is 5.41 Å². The van der Waals surface area contributed by atoms with E-state index < -0.39 is 0 Å². The Morgan fingerprint density at radius 2 is 2.10 bits per heavy atom. The third-order valence-corrected chi connectivity index (χ3v) is 3.69. The van der Waals surface area contributed by atoms with Gasteiger partial charge >= 0.3 is 0 Å². The number of benzene rings is 1. The van der Waals surface area contributed by atoms with Crippen LogP contribution in [0.25, 0.3) is 0 Å². The Morgan fingerprint density at radius 1 is 1.33 bits per heavy atom. The molecule has 0 spiro atoms. The van der Waals surface area contributed by atoms with Crippen molar-refractivity contribution in [1.82, 2.24) is 5.32 Å². The van der Waals surface area contributed by atoms with Gasteiger partial charge in [0, 0.05) is 25.2 Å². The van der Waals surface area contributed by atoms with Crippen molar-refractivity contribution < 1.29 is 14.3 Å². The average molecular weight is 291 g/mol. The molecular formula is C15H21N3O3. The van der Waals surface area contributed by atoms with Crippen molar-refractivity contribution in [2.24, 2.45) is 5.41 Å². The Morgan fingerprint density at radius 3 is 2.67 bits per heavy atom. The standard InChI is InChI=1S/C15H21N3O3/c1-10(19)17-12-5-4-11(8-13(12)21-3)18-14(20)15(2)6-7-16-9-15/h4-5,8,16H,6-7,9H2,1-3H3,(H,17,19)(H,18,20). The van der Waals surface area contributed by atoms with Gasteiger partial charge in [-0.05, 0) is 32.0 Å². The van der Waals surface area contributed by atoms with E-state index in [0.29, 0.717) is 23.7 Å². The van der Waals surface area contributed by atoms with Crippen molar-refractivity contribution in [2.45, 2.75) is 20.3 Å². The number of rotatable bonds is 4. The highest BCUT2D eigenvalue weighted by Gasteiger charge is 2.36. The number of nitrogens with one attached hydrogen (secondary N) is 3. The van der Waals surface area contributed by atoms with Crippen LogP contribution in [0.15, 0.2) is 18.2 Å². The van der Waals surface area contributed by atoms with Gasteiger partial charge in [0.2, 0.25) is 11.8 Å². The summed E-state index contributed by atoms with van der Waals surface area (Å²) in [4.78, 5) is 23.5. The monoisotopic (exact) mass is 291 g/mol. The molecule has 2 rings (SSSR count). The second kappa shape index (κ2) is 6.13. The second-order valence-electron chi connectivity index (χ2n) is 5.54. The Labute approximate surface area is 124 Å². The minimum atomic E-state index is -0.385. The van der Waals surface area contributed by atoms with Gasteiger partial charge < -0.3 is 20.7 Å². The Hall–Kier alpha value is -2.08. The van der Waals surface area contributed by atoms with Crippen LogP contribution in [0.5, 0.6) is 5.75 Å². The van der Waals surface area contributed by atoms with Crippen molar-refractivity contribution in [3.05, 3.63) is 18.2 Å². The predicted octanol–water partition coefficient (Wildman–Crippen LogP) is 1.59. The summed E-state index contributed by atoms with van der Waals surface area (Å²) in [6.45, 7) is 4.92. The first-order valence-electron chi connectivity index (χ1n) is 6.92. The Balaban J connectivity index is 2.13. The molecule has 1 aromatic carbocycles. The third-order valence-electron chi connectivity index (χ3n) is 3.69. The van der Waals surface area contributed by atoms with E-state index in [0.717, 1.165) is 13.0 Å². The largest absolute Gasteiger partial charge is 0.494 e. The van der Waals surface area contributed by atoms with Gasteiger partial charge in [-0.2, -0.15) is 0 Å². The summed E-state index contributed by atoms with van der Waals surface area (Å²) in [7, 11) is 1.52. The summed E-state index contributed by atoms with van der Waals surface area (Å²) >= 11 is 0. The number of ether oxygens (including phenoxy) is 1.